The molecule has 0 unspecified atom stereocenters. The van der Waals surface area contributed by atoms with Crippen molar-refractivity contribution < 1.29 is 17.9 Å². The van der Waals surface area contributed by atoms with Crippen LogP contribution in [0.4, 0.5) is 13.2 Å². The minimum Gasteiger partial charge on any atom is -0.477 e. The lowest BCUT2D eigenvalue weighted by molar-refractivity contribution is -0.137. The molecule has 0 aliphatic carbocycles. The second-order valence-electron chi connectivity index (χ2n) is 3.75. The molecule has 0 saturated heterocycles. The van der Waals surface area contributed by atoms with Gasteiger partial charge in [0.15, 0.2) is 0 Å². The highest BCUT2D eigenvalue weighted by atomic mass is 19.4. The summed E-state index contributed by atoms with van der Waals surface area (Å²) in [5, 5.41) is 0. The quantitative estimate of drug-likeness (QED) is 0.853. The van der Waals surface area contributed by atoms with Crippen LogP contribution in [0.2, 0.25) is 0 Å². The van der Waals surface area contributed by atoms with Crippen molar-refractivity contribution in [2.24, 2.45) is 0 Å². The third-order valence-electron chi connectivity index (χ3n) is 2.43. The highest BCUT2D eigenvalue weighted by Crippen LogP contribution is 2.30. The second-order valence-corrected chi connectivity index (χ2v) is 3.75. The van der Waals surface area contributed by atoms with Gasteiger partial charge in [0.1, 0.15) is 0 Å². The predicted octanol–water partition coefficient (Wildman–Crippen LogP) is 3.56. The zero-order chi connectivity index (χ0) is 13.9. The van der Waals surface area contributed by atoms with E-state index in [1.807, 2.05) is 6.92 Å². The van der Waals surface area contributed by atoms with Crippen molar-refractivity contribution in [3.8, 4) is 17.1 Å². The van der Waals surface area contributed by atoms with Gasteiger partial charge >= 0.3 is 6.18 Å². The molecule has 2 aromatic rings. The van der Waals surface area contributed by atoms with Crippen LogP contribution in [-0.2, 0) is 6.18 Å². The molecule has 6 heteroatoms. The number of hydrogen-bond donors (Lipinski definition) is 0. The summed E-state index contributed by atoms with van der Waals surface area (Å²) in [7, 11) is 0. The second kappa shape index (κ2) is 5.26. The van der Waals surface area contributed by atoms with E-state index in [0.717, 1.165) is 12.1 Å². The molecule has 0 N–H and O–H groups in total. The van der Waals surface area contributed by atoms with E-state index in [1.165, 1.54) is 24.5 Å². The first-order chi connectivity index (χ1) is 9.00. The van der Waals surface area contributed by atoms with E-state index in [1.54, 1.807) is 0 Å². The fourth-order valence-electron chi connectivity index (χ4n) is 1.52. The SMILES string of the molecule is CCOc1cnc(-c2ccc(C(F)(F)F)cc2)cn1. The summed E-state index contributed by atoms with van der Waals surface area (Å²) in [4.78, 5) is 8.10. The minimum absolute atomic E-state index is 0.387. The molecular weight excluding hydrogens is 257 g/mol. The molecule has 19 heavy (non-hydrogen) atoms. The van der Waals surface area contributed by atoms with E-state index in [9.17, 15) is 13.2 Å². The first-order valence-electron chi connectivity index (χ1n) is 5.63. The van der Waals surface area contributed by atoms with E-state index in [-0.39, 0.29) is 0 Å². The third-order valence-corrected chi connectivity index (χ3v) is 2.43. The average molecular weight is 268 g/mol. The molecule has 0 bridgehead atoms. The Hall–Kier alpha value is -2.11. The molecule has 100 valence electrons. The summed E-state index contributed by atoms with van der Waals surface area (Å²) in [6.45, 7) is 2.31. The molecule has 0 aliphatic heterocycles. The Morgan fingerprint density at radius 3 is 2.21 bits per heavy atom. The lowest BCUT2D eigenvalue weighted by atomic mass is 10.1. The molecule has 3 nitrogen and oxygen atoms in total. The van der Waals surface area contributed by atoms with Gasteiger partial charge < -0.3 is 4.74 Å². The number of ether oxygens (including phenoxy) is 1. The normalized spacial score (nSPS) is 11.4. The lowest BCUT2D eigenvalue weighted by Gasteiger charge is -2.07. The summed E-state index contributed by atoms with van der Waals surface area (Å²) in [5.41, 5.74) is 0.385. The van der Waals surface area contributed by atoms with Gasteiger partial charge in [-0.25, -0.2) is 9.97 Å². The molecule has 1 aromatic carbocycles. The maximum atomic E-state index is 12.4. The van der Waals surface area contributed by atoms with Crippen LogP contribution in [0.5, 0.6) is 5.88 Å². The highest BCUT2D eigenvalue weighted by molar-refractivity contribution is 5.58. The van der Waals surface area contributed by atoms with Crippen molar-refractivity contribution in [1.29, 1.82) is 0 Å². The molecule has 0 fully saturated rings. The molecule has 0 aliphatic rings. The Labute approximate surface area is 108 Å². The molecule has 0 atom stereocenters. The van der Waals surface area contributed by atoms with Crippen LogP contribution >= 0.6 is 0 Å². The Kier molecular flexibility index (Phi) is 3.69. The highest BCUT2D eigenvalue weighted by Gasteiger charge is 2.29. The monoisotopic (exact) mass is 268 g/mol. The van der Waals surface area contributed by atoms with Crippen LogP contribution in [0.15, 0.2) is 36.7 Å². The topological polar surface area (TPSA) is 35.0 Å². The van der Waals surface area contributed by atoms with Crippen molar-refractivity contribution in [2.75, 3.05) is 6.61 Å². The molecule has 0 saturated carbocycles. The molecular formula is C13H11F3N2O. The van der Waals surface area contributed by atoms with E-state index < -0.39 is 11.7 Å². The van der Waals surface area contributed by atoms with Gasteiger partial charge in [-0.1, -0.05) is 12.1 Å². The number of benzene rings is 1. The third kappa shape index (κ3) is 3.21. The van der Waals surface area contributed by atoms with E-state index in [4.69, 9.17) is 4.74 Å². The first-order valence-corrected chi connectivity index (χ1v) is 5.63. The maximum absolute atomic E-state index is 12.4. The van der Waals surface area contributed by atoms with Gasteiger partial charge in [0, 0.05) is 5.56 Å². The van der Waals surface area contributed by atoms with Crippen molar-refractivity contribution >= 4 is 0 Å². The summed E-state index contributed by atoms with van der Waals surface area (Å²) in [5.74, 6) is 0.387. The summed E-state index contributed by atoms with van der Waals surface area (Å²) < 4.78 is 42.4. The molecule has 0 amide bonds. The van der Waals surface area contributed by atoms with Gasteiger partial charge in [-0.2, -0.15) is 13.2 Å². The van der Waals surface area contributed by atoms with E-state index in [2.05, 4.69) is 9.97 Å². The fourth-order valence-corrected chi connectivity index (χ4v) is 1.52. The number of hydrogen-bond acceptors (Lipinski definition) is 3. The smallest absolute Gasteiger partial charge is 0.416 e. The zero-order valence-corrected chi connectivity index (χ0v) is 10.1. The number of rotatable bonds is 3. The van der Waals surface area contributed by atoms with Crippen LogP contribution in [0.25, 0.3) is 11.3 Å². The van der Waals surface area contributed by atoms with Gasteiger partial charge in [0.25, 0.3) is 0 Å². The largest absolute Gasteiger partial charge is 0.477 e. The lowest BCUT2D eigenvalue weighted by Crippen LogP contribution is -2.04. The van der Waals surface area contributed by atoms with Gasteiger partial charge in [0.05, 0.1) is 30.3 Å². The van der Waals surface area contributed by atoms with Gasteiger partial charge in [0.2, 0.25) is 5.88 Å². The van der Waals surface area contributed by atoms with Crippen LogP contribution < -0.4 is 4.74 Å². The fraction of sp³-hybridized carbons (Fsp3) is 0.231. The van der Waals surface area contributed by atoms with Crippen molar-refractivity contribution in [3.63, 3.8) is 0 Å². The number of aromatic nitrogens is 2. The molecule has 0 radical (unpaired) electrons. The van der Waals surface area contributed by atoms with Crippen LogP contribution in [-0.4, -0.2) is 16.6 Å². The van der Waals surface area contributed by atoms with Crippen LogP contribution in [0, 0.1) is 0 Å². The summed E-state index contributed by atoms with van der Waals surface area (Å²) >= 11 is 0. The van der Waals surface area contributed by atoms with Crippen molar-refractivity contribution in [2.45, 2.75) is 13.1 Å². The predicted molar refractivity (Wildman–Crippen MR) is 63.6 cm³/mol. The Balaban J connectivity index is 2.22. The Morgan fingerprint density at radius 1 is 1.05 bits per heavy atom. The molecule has 2 rings (SSSR count). The standard InChI is InChI=1S/C13H11F3N2O/c1-2-19-12-8-17-11(7-18-12)9-3-5-10(6-4-9)13(14,15)16/h3-8H,2H2,1H3. The molecule has 1 aromatic heterocycles. The minimum atomic E-state index is -4.33. The summed E-state index contributed by atoms with van der Waals surface area (Å²) in [6.07, 6.45) is -1.42. The van der Waals surface area contributed by atoms with Crippen LogP contribution in [0.3, 0.4) is 0 Å². The van der Waals surface area contributed by atoms with E-state index in [0.29, 0.717) is 23.7 Å². The zero-order valence-electron chi connectivity index (χ0n) is 10.1. The van der Waals surface area contributed by atoms with E-state index >= 15 is 0 Å². The van der Waals surface area contributed by atoms with Gasteiger partial charge in [-0.05, 0) is 19.1 Å². The number of halogens is 3. The first kappa shape index (κ1) is 13.3. The molecule has 0 spiro atoms. The van der Waals surface area contributed by atoms with Crippen LogP contribution in [0.1, 0.15) is 12.5 Å². The van der Waals surface area contributed by atoms with Crippen molar-refractivity contribution in [3.05, 3.63) is 42.2 Å². The maximum Gasteiger partial charge on any atom is 0.416 e. The van der Waals surface area contributed by atoms with Gasteiger partial charge in [-0.15, -0.1) is 0 Å². The van der Waals surface area contributed by atoms with Gasteiger partial charge in [-0.3, -0.25) is 0 Å². The number of alkyl halides is 3. The Bertz CT molecular complexity index is 535. The number of nitrogens with zero attached hydrogens (tertiary/aromatic N) is 2. The Morgan fingerprint density at radius 2 is 1.74 bits per heavy atom. The van der Waals surface area contributed by atoms with Crippen molar-refractivity contribution in [1.82, 2.24) is 9.97 Å². The molecule has 1 heterocycles. The summed E-state index contributed by atoms with van der Waals surface area (Å²) in [6, 6.07) is 4.78. The average Bonchev–Trinajstić information content (AvgIpc) is 2.39.